The van der Waals surface area contributed by atoms with Gasteiger partial charge in [0.15, 0.2) is 28.3 Å². The molecule has 1 aromatic heterocycles. The smallest absolute Gasteiger partial charge is 0.196 e. The number of hydrogen-bond acceptors (Lipinski definition) is 7. The number of carbonyl (C=O) groups excluding carboxylic acids is 1. The van der Waals surface area contributed by atoms with Gasteiger partial charge in [-0.15, -0.1) is 10.2 Å². The highest BCUT2D eigenvalue weighted by atomic mass is 79.9. The molecule has 0 radical (unpaired) electrons. The summed E-state index contributed by atoms with van der Waals surface area (Å²) < 4.78 is 19.7. The number of Topliss-reactive ketones (excluding diaryl/α,β-unsaturated/α-hetero) is 1. The van der Waals surface area contributed by atoms with Crippen molar-refractivity contribution in [2.45, 2.75) is 12.1 Å². The van der Waals surface area contributed by atoms with Crippen molar-refractivity contribution in [2.75, 3.05) is 25.6 Å². The fourth-order valence-corrected chi connectivity index (χ4v) is 4.78. The maximum atomic E-state index is 13.0. The second-order valence-corrected chi connectivity index (χ2v) is 9.50. The predicted molar refractivity (Wildman–Crippen MR) is 138 cm³/mol. The molecule has 9 heteroatoms. The Morgan fingerprint density at radius 1 is 1.00 bits per heavy atom. The van der Waals surface area contributed by atoms with Gasteiger partial charge in [-0.05, 0) is 61.5 Å². The van der Waals surface area contributed by atoms with Gasteiger partial charge in [-0.2, -0.15) is 0 Å². The maximum absolute atomic E-state index is 13.0. The number of thioether (sulfide) groups is 1. The number of ketones is 1. The highest BCUT2D eigenvalue weighted by Crippen LogP contribution is 2.33. The van der Waals surface area contributed by atoms with Crippen LogP contribution >= 0.6 is 27.7 Å². The lowest BCUT2D eigenvalue weighted by molar-refractivity contribution is 0.102. The van der Waals surface area contributed by atoms with Gasteiger partial charge in [-0.3, -0.25) is 9.36 Å². The molecule has 0 atom stereocenters. The van der Waals surface area contributed by atoms with Crippen LogP contribution in [0.4, 0.5) is 0 Å². The molecule has 1 aliphatic heterocycles. The monoisotopic (exact) mass is 551 g/mol. The van der Waals surface area contributed by atoms with E-state index < -0.39 is 0 Å². The summed E-state index contributed by atoms with van der Waals surface area (Å²) in [4.78, 5) is 13.0. The molecule has 7 nitrogen and oxygen atoms in total. The molecule has 0 bridgehead atoms. The van der Waals surface area contributed by atoms with Crippen molar-refractivity contribution in [1.82, 2.24) is 14.8 Å². The average Bonchev–Trinajstić information content (AvgIpc) is 3.32. The first kappa shape index (κ1) is 23.4. The summed E-state index contributed by atoms with van der Waals surface area (Å²) in [6.45, 7) is 3.54. The van der Waals surface area contributed by atoms with Crippen molar-refractivity contribution in [1.29, 1.82) is 0 Å². The van der Waals surface area contributed by atoms with Crippen LogP contribution in [-0.2, 0) is 0 Å². The van der Waals surface area contributed by atoms with Crippen LogP contribution in [0.5, 0.6) is 17.2 Å². The Morgan fingerprint density at radius 3 is 2.49 bits per heavy atom. The average molecular weight is 552 g/mol. The molecule has 4 aromatic rings. The van der Waals surface area contributed by atoms with Crippen LogP contribution in [-0.4, -0.2) is 46.1 Å². The lowest BCUT2D eigenvalue weighted by Gasteiger charge is -2.18. The van der Waals surface area contributed by atoms with Crippen LogP contribution in [0.1, 0.15) is 17.3 Å². The second kappa shape index (κ2) is 10.5. The van der Waals surface area contributed by atoms with Crippen LogP contribution in [0, 0.1) is 0 Å². The van der Waals surface area contributed by atoms with Crippen molar-refractivity contribution >= 4 is 33.5 Å². The molecule has 178 valence electrons. The topological polar surface area (TPSA) is 75.5 Å². The molecule has 5 rings (SSSR count). The molecule has 2 heterocycles. The molecule has 0 N–H and O–H groups in total. The zero-order chi connectivity index (χ0) is 24.2. The van der Waals surface area contributed by atoms with Gasteiger partial charge in [0.05, 0.1) is 12.4 Å². The van der Waals surface area contributed by atoms with Gasteiger partial charge in [0.2, 0.25) is 0 Å². The van der Waals surface area contributed by atoms with Gasteiger partial charge in [0.1, 0.15) is 19.0 Å². The zero-order valence-corrected chi connectivity index (χ0v) is 21.3. The number of ether oxygens (including phenoxy) is 3. The highest BCUT2D eigenvalue weighted by molar-refractivity contribution is 9.10. The molecule has 0 saturated heterocycles. The highest BCUT2D eigenvalue weighted by Gasteiger charge is 2.19. The van der Waals surface area contributed by atoms with Crippen molar-refractivity contribution in [3.05, 3.63) is 76.8 Å². The van der Waals surface area contributed by atoms with Gasteiger partial charge < -0.3 is 14.2 Å². The number of carbonyl (C=O) groups is 1. The van der Waals surface area contributed by atoms with Gasteiger partial charge in [-0.1, -0.05) is 39.8 Å². The fraction of sp³-hybridized carbons (Fsp3) is 0.192. The molecule has 3 aromatic carbocycles. The van der Waals surface area contributed by atoms with Crippen molar-refractivity contribution in [3.63, 3.8) is 0 Å². The summed E-state index contributed by atoms with van der Waals surface area (Å²) in [7, 11) is 0. The number of rotatable bonds is 8. The van der Waals surface area contributed by atoms with E-state index in [1.165, 1.54) is 11.8 Å². The summed E-state index contributed by atoms with van der Waals surface area (Å²) in [5.41, 5.74) is 2.37. The lowest BCUT2D eigenvalue weighted by atomic mass is 10.1. The first-order chi connectivity index (χ1) is 17.1. The Hall–Kier alpha value is -3.30. The molecule has 1 aliphatic rings. The van der Waals surface area contributed by atoms with E-state index in [1.54, 1.807) is 18.2 Å². The van der Waals surface area contributed by atoms with E-state index in [0.717, 1.165) is 21.5 Å². The molecular formula is C26H22BrN3O4S. The Labute approximate surface area is 215 Å². The number of fused-ring (bicyclic) bond motifs is 1. The third kappa shape index (κ3) is 5.21. The molecule has 0 amide bonds. The first-order valence-electron chi connectivity index (χ1n) is 11.1. The van der Waals surface area contributed by atoms with Crippen molar-refractivity contribution in [2.24, 2.45) is 0 Å². The third-order valence-electron chi connectivity index (χ3n) is 5.34. The summed E-state index contributed by atoms with van der Waals surface area (Å²) in [6, 6.07) is 20.9. The normalized spacial score (nSPS) is 12.4. The zero-order valence-electron chi connectivity index (χ0n) is 18.9. The Balaban J connectivity index is 1.43. The van der Waals surface area contributed by atoms with Crippen LogP contribution in [0.3, 0.4) is 0 Å². The predicted octanol–water partition coefficient (Wildman–Crippen LogP) is 5.84. The largest absolute Gasteiger partial charge is 0.494 e. The van der Waals surface area contributed by atoms with Crippen LogP contribution in [0.15, 0.2) is 76.4 Å². The third-order valence-corrected chi connectivity index (χ3v) is 6.80. The maximum Gasteiger partial charge on any atom is 0.196 e. The summed E-state index contributed by atoms with van der Waals surface area (Å²) in [5, 5.41) is 9.50. The minimum absolute atomic E-state index is 0.0293. The standard InChI is InChI=1S/C26H22BrN3O4S/c1-2-32-21-10-8-20(9-11-21)30-25(17-3-6-19(27)7-4-17)28-29-26(30)35-16-22(31)18-5-12-23-24(15-18)34-14-13-33-23/h3-12,15H,2,13-14,16H2,1H3. The molecule has 0 aliphatic carbocycles. The van der Waals surface area contributed by atoms with Crippen LogP contribution in [0.2, 0.25) is 0 Å². The quantitative estimate of drug-likeness (QED) is 0.201. The van der Waals surface area contributed by atoms with E-state index in [0.29, 0.717) is 47.9 Å². The number of halogens is 1. The van der Waals surface area contributed by atoms with E-state index in [-0.39, 0.29) is 11.5 Å². The van der Waals surface area contributed by atoms with Gasteiger partial charge in [0.25, 0.3) is 0 Å². The van der Waals surface area contributed by atoms with Crippen LogP contribution in [0.25, 0.3) is 17.1 Å². The molecular weight excluding hydrogens is 530 g/mol. The Bertz CT molecular complexity index is 1340. The number of nitrogens with zero attached hydrogens (tertiary/aromatic N) is 3. The first-order valence-corrected chi connectivity index (χ1v) is 12.9. The lowest BCUT2D eigenvalue weighted by Crippen LogP contribution is -2.16. The van der Waals surface area contributed by atoms with E-state index in [2.05, 4.69) is 26.1 Å². The second-order valence-electron chi connectivity index (χ2n) is 7.65. The molecule has 35 heavy (non-hydrogen) atoms. The van der Waals surface area contributed by atoms with Crippen molar-refractivity contribution in [3.8, 4) is 34.3 Å². The number of hydrogen-bond donors (Lipinski definition) is 0. The molecule has 0 fully saturated rings. The summed E-state index contributed by atoms with van der Waals surface area (Å²) >= 11 is 4.82. The van der Waals surface area contributed by atoms with E-state index in [9.17, 15) is 4.79 Å². The van der Waals surface area contributed by atoms with Gasteiger partial charge in [-0.25, -0.2) is 0 Å². The molecule has 0 spiro atoms. The van der Waals surface area contributed by atoms with E-state index >= 15 is 0 Å². The minimum atomic E-state index is -0.0293. The fourth-order valence-electron chi connectivity index (χ4n) is 3.67. The minimum Gasteiger partial charge on any atom is -0.494 e. The van der Waals surface area contributed by atoms with Crippen molar-refractivity contribution < 1.29 is 19.0 Å². The number of benzene rings is 3. The Morgan fingerprint density at radius 2 is 1.74 bits per heavy atom. The van der Waals surface area contributed by atoms with Crippen LogP contribution < -0.4 is 14.2 Å². The van der Waals surface area contributed by atoms with E-state index in [1.807, 2.05) is 60.0 Å². The molecule has 0 unspecified atom stereocenters. The Kier molecular flexibility index (Phi) is 7.06. The van der Waals surface area contributed by atoms with Gasteiger partial charge >= 0.3 is 0 Å². The number of aromatic nitrogens is 3. The summed E-state index contributed by atoms with van der Waals surface area (Å²) in [6.07, 6.45) is 0. The van der Waals surface area contributed by atoms with E-state index in [4.69, 9.17) is 14.2 Å². The molecule has 0 saturated carbocycles. The SMILES string of the molecule is CCOc1ccc(-n2c(SCC(=O)c3ccc4c(c3)OCCO4)nnc2-c2ccc(Br)cc2)cc1. The summed E-state index contributed by atoms with van der Waals surface area (Å²) in [5.74, 6) is 2.92. The van der Waals surface area contributed by atoms with Gasteiger partial charge in [0, 0.05) is 21.3 Å².